The Morgan fingerprint density at radius 1 is 1.22 bits per heavy atom. The molecule has 1 amide bonds. The maximum atomic E-state index is 12.4. The Kier molecular flexibility index (Phi) is 3.06. The number of hydrogen-bond acceptors (Lipinski definition) is 3. The third-order valence-corrected chi connectivity index (χ3v) is 6.63. The molecule has 0 aromatic heterocycles. The van der Waals surface area contributed by atoms with Crippen LogP contribution in [0.15, 0.2) is 29.2 Å². The van der Waals surface area contributed by atoms with Crippen molar-refractivity contribution in [3.8, 4) is 0 Å². The number of sulfonamides is 1. The van der Waals surface area contributed by atoms with Gasteiger partial charge in [0.2, 0.25) is 0 Å². The molecule has 0 radical (unpaired) electrons. The van der Waals surface area contributed by atoms with Crippen molar-refractivity contribution in [2.45, 2.75) is 36.0 Å². The van der Waals surface area contributed by atoms with Crippen molar-refractivity contribution in [1.29, 1.82) is 0 Å². The number of carbonyl (C=O) groups is 1. The van der Waals surface area contributed by atoms with Gasteiger partial charge in [0.05, 0.1) is 10.4 Å². The van der Waals surface area contributed by atoms with E-state index in [4.69, 9.17) is 0 Å². The smallest absolute Gasteiger partial charge is 0.267 e. The van der Waals surface area contributed by atoms with E-state index in [1.807, 2.05) is 6.92 Å². The molecule has 1 atom stereocenters. The van der Waals surface area contributed by atoms with Crippen molar-refractivity contribution >= 4 is 31.9 Å². The van der Waals surface area contributed by atoms with Gasteiger partial charge >= 0.3 is 0 Å². The van der Waals surface area contributed by atoms with Gasteiger partial charge in [-0.3, -0.25) is 4.79 Å². The van der Waals surface area contributed by atoms with Gasteiger partial charge in [0.15, 0.2) is 0 Å². The number of alkyl halides is 1. The van der Waals surface area contributed by atoms with E-state index in [0.717, 1.165) is 9.87 Å². The molecule has 1 fully saturated rings. The van der Waals surface area contributed by atoms with E-state index in [1.54, 1.807) is 26.0 Å². The Labute approximate surface area is 115 Å². The Morgan fingerprint density at radius 2 is 1.72 bits per heavy atom. The first-order valence-corrected chi connectivity index (χ1v) is 7.84. The van der Waals surface area contributed by atoms with Crippen LogP contribution in [0.4, 0.5) is 0 Å². The lowest BCUT2D eigenvalue weighted by atomic mass is 9.92. The molecule has 1 aliphatic heterocycles. The molecule has 0 bridgehead atoms. The molecule has 0 aliphatic carbocycles. The summed E-state index contributed by atoms with van der Waals surface area (Å²) in [6.45, 7) is 5.32. The van der Waals surface area contributed by atoms with Crippen molar-refractivity contribution in [3.63, 3.8) is 0 Å². The summed E-state index contributed by atoms with van der Waals surface area (Å²) in [4.78, 5) is 11.5. The van der Waals surface area contributed by atoms with Crippen LogP contribution in [0.25, 0.3) is 0 Å². The minimum Gasteiger partial charge on any atom is -0.272 e. The van der Waals surface area contributed by atoms with Gasteiger partial charge in [-0.05, 0) is 32.9 Å². The number of rotatable bonds is 2. The summed E-state index contributed by atoms with van der Waals surface area (Å²) < 4.78 is 25.7. The highest BCUT2D eigenvalue weighted by Gasteiger charge is 2.58. The van der Waals surface area contributed by atoms with Crippen LogP contribution in [0.3, 0.4) is 0 Å². The predicted octanol–water partition coefficient (Wildman–Crippen LogP) is 2.07. The van der Waals surface area contributed by atoms with Gasteiger partial charge in [0, 0.05) is 0 Å². The van der Waals surface area contributed by atoms with E-state index in [0.29, 0.717) is 0 Å². The first kappa shape index (κ1) is 13.5. The SMILES string of the molecule is Cc1ccc(S(=O)(=O)N2C(=O)C(Br)C2(C)C)cc1. The molecule has 18 heavy (non-hydrogen) atoms. The van der Waals surface area contributed by atoms with Gasteiger partial charge in [-0.1, -0.05) is 33.6 Å². The van der Waals surface area contributed by atoms with Crippen LogP contribution >= 0.6 is 15.9 Å². The molecule has 0 N–H and O–H groups in total. The molecular weight excluding hydrogens is 318 g/mol. The Balaban J connectivity index is 2.45. The van der Waals surface area contributed by atoms with Crippen LogP contribution in [-0.2, 0) is 14.8 Å². The maximum absolute atomic E-state index is 12.4. The highest BCUT2D eigenvalue weighted by Crippen LogP contribution is 2.41. The molecule has 1 aromatic rings. The van der Waals surface area contributed by atoms with Gasteiger partial charge in [-0.2, -0.15) is 0 Å². The number of hydrogen-bond donors (Lipinski definition) is 0. The summed E-state index contributed by atoms with van der Waals surface area (Å²) in [5.74, 6) is -0.416. The Hall–Kier alpha value is -0.880. The van der Waals surface area contributed by atoms with Crippen molar-refractivity contribution in [3.05, 3.63) is 29.8 Å². The molecule has 98 valence electrons. The summed E-state index contributed by atoms with van der Waals surface area (Å²) in [7, 11) is -3.75. The number of carbonyl (C=O) groups excluding carboxylic acids is 1. The van der Waals surface area contributed by atoms with Gasteiger partial charge in [-0.15, -0.1) is 0 Å². The van der Waals surface area contributed by atoms with Crippen molar-refractivity contribution in [2.24, 2.45) is 0 Å². The van der Waals surface area contributed by atoms with Crippen LogP contribution in [0, 0.1) is 6.92 Å². The molecule has 1 aliphatic rings. The molecule has 1 heterocycles. The van der Waals surface area contributed by atoms with Crippen molar-refractivity contribution in [2.75, 3.05) is 0 Å². The third kappa shape index (κ3) is 1.78. The van der Waals surface area contributed by atoms with Crippen LogP contribution in [-0.4, -0.2) is 29.0 Å². The Morgan fingerprint density at radius 3 is 2.17 bits per heavy atom. The standard InChI is InChI=1S/C12H14BrNO3S/c1-8-4-6-9(7-5-8)18(16,17)14-11(15)10(13)12(14,2)3/h4-7,10H,1-3H3. The summed E-state index contributed by atoms with van der Waals surface area (Å²) in [5, 5.41) is 0. The van der Waals surface area contributed by atoms with E-state index >= 15 is 0 Å². The maximum Gasteiger partial charge on any atom is 0.267 e. The zero-order valence-electron chi connectivity index (χ0n) is 10.3. The molecule has 0 saturated carbocycles. The van der Waals surface area contributed by atoms with Crippen LogP contribution in [0.1, 0.15) is 19.4 Å². The largest absolute Gasteiger partial charge is 0.272 e. The summed E-state index contributed by atoms with van der Waals surface area (Å²) in [5.41, 5.74) is 0.238. The summed E-state index contributed by atoms with van der Waals surface area (Å²) in [6.07, 6.45) is 0. The van der Waals surface area contributed by atoms with Gasteiger partial charge in [0.1, 0.15) is 4.83 Å². The van der Waals surface area contributed by atoms with Crippen LogP contribution in [0.2, 0.25) is 0 Å². The molecule has 6 heteroatoms. The first-order valence-electron chi connectivity index (χ1n) is 5.49. The van der Waals surface area contributed by atoms with E-state index in [2.05, 4.69) is 15.9 Å². The lowest BCUT2D eigenvalue weighted by molar-refractivity contribution is -0.141. The number of β-lactam (4-membered cyclic amide) rings is 1. The molecule has 1 aromatic carbocycles. The number of aryl methyl sites for hydroxylation is 1. The van der Waals surface area contributed by atoms with Crippen molar-refractivity contribution in [1.82, 2.24) is 4.31 Å². The average molecular weight is 332 g/mol. The van der Waals surface area contributed by atoms with E-state index in [1.165, 1.54) is 12.1 Å². The number of nitrogens with zero attached hydrogens (tertiary/aromatic N) is 1. The molecule has 0 spiro atoms. The quantitative estimate of drug-likeness (QED) is 0.615. The van der Waals surface area contributed by atoms with Gasteiger partial charge in [-0.25, -0.2) is 12.7 Å². The average Bonchev–Trinajstić information content (AvgIpc) is 2.28. The Bertz CT molecular complexity index is 592. The molecule has 1 saturated heterocycles. The van der Waals surface area contributed by atoms with Crippen LogP contribution < -0.4 is 0 Å². The van der Waals surface area contributed by atoms with E-state index in [-0.39, 0.29) is 4.90 Å². The minimum atomic E-state index is -3.75. The fourth-order valence-corrected chi connectivity index (χ4v) is 4.41. The normalized spacial score (nSPS) is 22.8. The molecule has 2 rings (SSSR count). The van der Waals surface area contributed by atoms with Crippen LogP contribution in [0.5, 0.6) is 0 Å². The predicted molar refractivity (Wildman–Crippen MR) is 72.0 cm³/mol. The second kappa shape index (κ2) is 4.06. The lowest BCUT2D eigenvalue weighted by Crippen LogP contribution is -2.70. The number of benzene rings is 1. The second-order valence-corrected chi connectivity index (χ2v) is 7.64. The fraction of sp³-hybridized carbons (Fsp3) is 0.417. The summed E-state index contributed by atoms with van der Waals surface area (Å²) in [6, 6.07) is 6.48. The van der Waals surface area contributed by atoms with Gasteiger partial charge < -0.3 is 0 Å². The topological polar surface area (TPSA) is 54.5 Å². The zero-order chi connectivity index (χ0) is 13.7. The summed E-state index contributed by atoms with van der Waals surface area (Å²) >= 11 is 3.21. The van der Waals surface area contributed by atoms with E-state index < -0.39 is 26.3 Å². The van der Waals surface area contributed by atoms with E-state index in [9.17, 15) is 13.2 Å². The lowest BCUT2D eigenvalue weighted by Gasteiger charge is -2.49. The zero-order valence-corrected chi connectivity index (χ0v) is 12.7. The van der Waals surface area contributed by atoms with Gasteiger partial charge in [0.25, 0.3) is 15.9 Å². The highest BCUT2D eigenvalue weighted by molar-refractivity contribution is 9.10. The monoisotopic (exact) mass is 331 g/mol. The molecule has 1 unspecified atom stereocenters. The fourth-order valence-electron chi connectivity index (χ4n) is 1.97. The third-order valence-electron chi connectivity index (χ3n) is 3.12. The van der Waals surface area contributed by atoms with Crippen molar-refractivity contribution < 1.29 is 13.2 Å². The number of halogens is 1. The molecular formula is C12H14BrNO3S. The molecule has 4 nitrogen and oxygen atoms in total. The second-order valence-electron chi connectivity index (χ2n) is 4.94. The minimum absolute atomic E-state index is 0.147. The first-order chi connectivity index (χ1) is 8.19. The number of amides is 1. The highest BCUT2D eigenvalue weighted by atomic mass is 79.9.